The van der Waals surface area contributed by atoms with Crippen LogP contribution in [0.2, 0.25) is 0 Å². The lowest BCUT2D eigenvalue weighted by molar-refractivity contribution is 0.413. The van der Waals surface area contributed by atoms with E-state index in [-0.39, 0.29) is 0 Å². The lowest BCUT2D eigenvalue weighted by atomic mass is 9.97. The van der Waals surface area contributed by atoms with Crippen molar-refractivity contribution in [3.63, 3.8) is 0 Å². The Kier molecular flexibility index (Phi) is 4.99. The van der Waals surface area contributed by atoms with Crippen LogP contribution in [0.3, 0.4) is 0 Å². The van der Waals surface area contributed by atoms with Gasteiger partial charge in [-0.25, -0.2) is 4.98 Å². The summed E-state index contributed by atoms with van der Waals surface area (Å²) in [7, 11) is 0. The SMILES string of the molecule is CCCC(CCc1scnc1C)CNC1CC1. The van der Waals surface area contributed by atoms with Crippen molar-refractivity contribution in [2.75, 3.05) is 6.54 Å². The van der Waals surface area contributed by atoms with Crippen molar-refractivity contribution in [3.05, 3.63) is 16.1 Å². The van der Waals surface area contributed by atoms with Gasteiger partial charge in [0.2, 0.25) is 0 Å². The summed E-state index contributed by atoms with van der Waals surface area (Å²) in [6.45, 7) is 5.64. The molecule has 1 fully saturated rings. The van der Waals surface area contributed by atoms with Gasteiger partial charge in [0.25, 0.3) is 0 Å². The van der Waals surface area contributed by atoms with E-state index < -0.39 is 0 Å². The zero-order valence-corrected chi connectivity index (χ0v) is 11.9. The molecule has 1 aliphatic rings. The van der Waals surface area contributed by atoms with Gasteiger partial charge in [0.05, 0.1) is 11.2 Å². The van der Waals surface area contributed by atoms with E-state index in [0.29, 0.717) is 0 Å². The van der Waals surface area contributed by atoms with Crippen molar-refractivity contribution in [3.8, 4) is 0 Å². The second-order valence-corrected chi connectivity index (χ2v) is 6.18. The smallest absolute Gasteiger partial charge is 0.0797 e. The Morgan fingerprint density at radius 1 is 1.47 bits per heavy atom. The highest BCUT2D eigenvalue weighted by molar-refractivity contribution is 7.09. The molecule has 1 aromatic rings. The fourth-order valence-corrected chi connectivity index (χ4v) is 3.08. The Morgan fingerprint density at radius 2 is 2.29 bits per heavy atom. The molecule has 0 aliphatic heterocycles. The fourth-order valence-electron chi connectivity index (χ4n) is 2.28. The molecule has 1 atom stereocenters. The lowest BCUT2D eigenvalue weighted by Gasteiger charge is -2.16. The molecule has 1 heterocycles. The van der Waals surface area contributed by atoms with Crippen molar-refractivity contribution < 1.29 is 0 Å². The number of hydrogen-bond donors (Lipinski definition) is 1. The maximum Gasteiger partial charge on any atom is 0.0797 e. The van der Waals surface area contributed by atoms with E-state index in [2.05, 4.69) is 24.1 Å². The Labute approximate surface area is 109 Å². The second kappa shape index (κ2) is 6.50. The maximum absolute atomic E-state index is 4.33. The highest BCUT2D eigenvalue weighted by atomic mass is 32.1. The number of nitrogens with one attached hydrogen (secondary N) is 1. The highest BCUT2D eigenvalue weighted by Gasteiger charge is 2.21. The summed E-state index contributed by atoms with van der Waals surface area (Å²) in [6, 6.07) is 0.847. The molecule has 3 heteroatoms. The first-order valence-electron chi connectivity index (χ1n) is 6.92. The van der Waals surface area contributed by atoms with E-state index in [4.69, 9.17) is 0 Å². The summed E-state index contributed by atoms with van der Waals surface area (Å²) in [4.78, 5) is 5.81. The molecule has 1 aromatic heterocycles. The van der Waals surface area contributed by atoms with Gasteiger partial charge in [0, 0.05) is 10.9 Å². The van der Waals surface area contributed by atoms with Crippen molar-refractivity contribution >= 4 is 11.3 Å². The van der Waals surface area contributed by atoms with E-state index >= 15 is 0 Å². The van der Waals surface area contributed by atoms with Crippen LogP contribution in [0, 0.1) is 12.8 Å². The Bertz CT molecular complexity index is 331. The van der Waals surface area contributed by atoms with Crippen LogP contribution >= 0.6 is 11.3 Å². The molecule has 1 unspecified atom stereocenters. The third-order valence-electron chi connectivity index (χ3n) is 3.59. The summed E-state index contributed by atoms with van der Waals surface area (Å²) in [5, 5.41) is 3.67. The molecule has 2 rings (SSSR count). The summed E-state index contributed by atoms with van der Waals surface area (Å²) >= 11 is 1.81. The maximum atomic E-state index is 4.33. The van der Waals surface area contributed by atoms with Crippen molar-refractivity contribution in [2.24, 2.45) is 5.92 Å². The predicted molar refractivity (Wildman–Crippen MR) is 74.6 cm³/mol. The molecular weight excluding hydrogens is 228 g/mol. The van der Waals surface area contributed by atoms with Crippen LogP contribution in [0.4, 0.5) is 0 Å². The first-order valence-corrected chi connectivity index (χ1v) is 7.80. The summed E-state index contributed by atoms with van der Waals surface area (Å²) in [5.41, 5.74) is 3.21. The van der Waals surface area contributed by atoms with Gasteiger partial charge >= 0.3 is 0 Å². The van der Waals surface area contributed by atoms with E-state index in [0.717, 1.165) is 12.0 Å². The molecule has 0 aromatic carbocycles. The molecule has 0 amide bonds. The van der Waals surface area contributed by atoms with E-state index in [1.54, 1.807) is 0 Å². The minimum Gasteiger partial charge on any atom is -0.314 e. The highest BCUT2D eigenvalue weighted by Crippen LogP contribution is 2.22. The molecule has 96 valence electrons. The number of rotatable bonds is 8. The fraction of sp³-hybridized carbons (Fsp3) is 0.786. The average molecular weight is 252 g/mol. The summed E-state index contributed by atoms with van der Waals surface area (Å²) in [6.07, 6.45) is 7.99. The van der Waals surface area contributed by atoms with Crippen LogP contribution in [0.15, 0.2) is 5.51 Å². The van der Waals surface area contributed by atoms with E-state index in [1.165, 1.54) is 55.6 Å². The largest absolute Gasteiger partial charge is 0.314 e. The zero-order chi connectivity index (χ0) is 12.1. The third kappa shape index (κ3) is 4.40. The number of thiazole rings is 1. The van der Waals surface area contributed by atoms with Crippen LogP contribution in [0.5, 0.6) is 0 Å². The van der Waals surface area contributed by atoms with Crippen LogP contribution in [-0.4, -0.2) is 17.6 Å². The van der Waals surface area contributed by atoms with Crippen LogP contribution in [-0.2, 0) is 6.42 Å². The second-order valence-electron chi connectivity index (χ2n) is 5.24. The number of aromatic nitrogens is 1. The van der Waals surface area contributed by atoms with Crippen molar-refractivity contribution in [2.45, 2.75) is 58.4 Å². The van der Waals surface area contributed by atoms with Gasteiger partial charge < -0.3 is 5.32 Å². The molecule has 1 N–H and O–H groups in total. The molecule has 17 heavy (non-hydrogen) atoms. The van der Waals surface area contributed by atoms with E-state index in [9.17, 15) is 0 Å². The topological polar surface area (TPSA) is 24.9 Å². The number of nitrogens with zero attached hydrogens (tertiary/aromatic N) is 1. The van der Waals surface area contributed by atoms with Gasteiger partial charge in [-0.2, -0.15) is 0 Å². The quantitative estimate of drug-likeness (QED) is 0.765. The lowest BCUT2D eigenvalue weighted by Crippen LogP contribution is -2.25. The predicted octanol–water partition coefficient (Wildman–Crippen LogP) is 3.55. The molecule has 0 radical (unpaired) electrons. The molecule has 0 saturated heterocycles. The normalized spacial score (nSPS) is 17.3. The van der Waals surface area contributed by atoms with Crippen LogP contribution in [0.1, 0.15) is 49.6 Å². The Balaban J connectivity index is 1.73. The minimum absolute atomic E-state index is 0.847. The summed E-state index contributed by atoms with van der Waals surface area (Å²) < 4.78 is 0. The van der Waals surface area contributed by atoms with Gasteiger partial charge in [0.1, 0.15) is 0 Å². The van der Waals surface area contributed by atoms with Gasteiger partial charge in [-0.3, -0.25) is 0 Å². The molecule has 0 spiro atoms. The van der Waals surface area contributed by atoms with Gasteiger partial charge in [-0.05, 0) is 51.5 Å². The Hall–Kier alpha value is -0.410. The van der Waals surface area contributed by atoms with Gasteiger partial charge in [0.15, 0.2) is 0 Å². The van der Waals surface area contributed by atoms with Gasteiger partial charge in [-0.1, -0.05) is 13.3 Å². The zero-order valence-electron chi connectivity index (χ0n) is 11.0. The molecule has 0 bridgehead atoms. The van der Waals surface area contributed by atoms with Crippen molar-refractivity contribution in [1.82, 2.24) is 10.3 Å². The average Bonchev–Trinajstić information content (AvgIpc) is 3.06. The molecule has 2 nitrogen and oxygen atoms in total. The van der Waals surface area contributed by atoms with Crippen LogP contribution in [0.25, 0.3) is 0 Å². The molecule has 1 aliphatic carbocycles. The Morgan fingerprint density at radius 3 is 2.88 bits per heavy atom. The third-order valence-corrected chi connectivity index (χ3v) is 4.59. The molecular formula is C14H24N2S. The first-order chi connectivity index (χ1) is 8.29. The standard InChI is InChI=1S/C14H24N2S/c1-3-4-12(9-15-13-6-7-13)5-8-14-11(2)16-10-17-14/h10,12-13,15H,3-9H2,1-2H3. The first kappa shape index (κ1) is 13.0. The monoisotopic (exact) mass is 252 g/mol. The van der Waals surface area contributed by atoms with E-state index in [1.807, 2.05) is 16.8 Å². The van der Waals surface area contributed by atoms with Crippen molar-refractivity contribution in [1.29, 1.82) is 0 Å². The number of aryl methyl sites for hydroxylation is 2. The van der Waals surface area contributed by atoms with Crippen LogP contribution < -0.4 is 5.32 Å². The summed E-state index contributed by atoms with van der Waals surface area (Å²) in [5.74, 6) is 0.849. The molecule has 1 saturated carbocycles. The minimum atomic E-state index is 0.847. The van der Waals surface area contributed by atoms with Gasteiger partial charge in [-0.15, -0.1) is 11.3 Å². The number of hydrogen-bond acceptors (Lipinski definition) is 3.